The van der Waals surface area contributed by atoms with Crippen LogP contribution in [0.15, 0.2) is 12.0 Å². The second-order valence-corrected chi connectivity index (χ2v) is 2.89. The van der Waals surface area contributed by atoms with E-state index in [2.05, 4.69) is 15.9 Å². The van der Waals surface area contributed by atoms with E-state index in [-0.39, 0.29) is 0 Å². The largest absolute Gasteiger partial charge is 0.498 e. The van der Waals surface area contributed by atoms with Crippen molar-refractivity contribution >= 4 is 15.9 Å². The molecule has 0 aliphatic carbocycles. The molecule has 1 rings (SSSR count). The van der Waals surface area contributed by atoms with Crippen molar-refractivity contribution < 1.29 is 9.47 Å². The zero-order valence-corrected chi connectivity index (χ0v) is 7.39. The molecule has 1 heterocycles. The first-order valence-electron chi connectivity index (χ1n) is 3.43. The van der Waals surface area contributed by atoms with E-state index in [0.717, 1.165) is 37.1 Å². The fraction of sp³-hybridized carbons (Fsp3) is 0.714. The molecule has 0 aromatic carbocycles. The first-order valence-corrected chi connectivity index (χ1v) is 4.55. The lowest BCUT2D eigenvalue weighted by molar-refractivity contribution is 0.148. The minimum Gasteiger partial charge on any atom is -0.498 e. The summed E-state index contributed by atoms with van der Waals surface area (Å²) in [6.45, 7) is 1.57. The Morgan fingerprint density at radius 2 is 2.60 bits per heavy atom. The smallest absolute Gasteiger partial charge is 0.130 e. The Bertz CT molecular complexity index is 123. The second-order valence-electron chi connectivity index (χ2n) is 2.10. The molecule has 1 aliphatic heterocycles. The summed E-state index contributed by atoms with van der Waals surface area (Å²) in [6, 6.07) is 0. The average Bonchev–Trinajstić information content (AvgIpc) is 2.03. The van der Waals surface area contributed by atoms with Crippen molar-refractivity contribution in [3.8, 4) is 0 Å². The number of rotatable bonds is 3. The van der Waals surface area contributed by atoms with Gasteiger partial charge in [-0.25, -0.2) is 0 Å². The van der Waals surface area contributed by atoms with Gasteiger partial charge in [0.2, 0.25) is 0 Å². The third-order valence-corrected chi connectivity index (χ3v) is 1.59. The summed E-state index contributed by atoms with van der Waals surface area (Å²) in [5.74, 6) is 0.978. The summed E-state index contributed by atoms with van der Waals surface area (Å²) in [5, 5.41) is 0.879. The highest BCUT2D eigenvalue weighted by Crippen LogP contribution is 2.12. The third kappa shape index (κ3) is 2.60. The van der Waals surface area contributed by atoms with E-state index >= 15 is 0 Å². The van der Waals surface area contributed by atoms with Gasteiger partial charge in [0.1, 0.15) is 12.0 Å². The van der Waals surface area contributed by atoms with E-state index in [1.807, 2.05) is 0 Å². The van der Waals surface area contributed by atoms with E-state index in [4.69, 9.17) is 9.47 Å². The van der Waals surface area contributed by atoms with Crippen LogP contribution >= 0.6 is 15.9 Å². The van der Waals surface area contributed by atoms with E-state index in [0.29, 0.717) is 0 Å². The Hall–Kier alpha value is -0.180. The zero-order chi connectivity index (χ0) is 7.23. The molecule has 3 heteroatoms. The molecular formula is C7H11BrO2. The highest BCUT2D eigenvalue weighted by Gasteiger charge is 2.03. The van der Waals surface area contributed by atoms with Crippen molar-refractivity contribution in [2.45, 2.75) is 12.8 Å². The summed E-state index contributed by atoms with van der Waals surface area (Å²) < 4.78 is 10.4. The molecule has 0 amide bonds. The second kappa shape index (κ2) is 4.61. The Labute approximate surface area is 69.3 Å². The van der Waals surface area contributed by atoms with Crippen LogP contribution in [0.1, 0.15) is 12.8 Å². The molecule has 0 bridgehead atoms. The first-order chi connectivity index (χ1) is 4.93. The maximum absolute atomic E-state index is 5.32. The predicted octanol–water partition coefficient (Wildman–Crippen LogP) is 2.05. The molecule has 10 heavy (non-hydrogen) atoms. The van der Waals surface area contributed by atoms with Gasteiger partial charge >= 0.3 is 0 Å². The molecule has 0 unspecified atom stereocenters. The van der Waals surface area contributed by atoms with Crippen molar-refractivity contribution in [2.75, 3.05) is 18.5 Å². The first kappa shape index (κ1) is 7.92. The lowest BCUT2D eigenvalue weighted by Crippen LogP contribution is -2.03. The summed E-state index contributed by atoms with van der Waals surface area (Å²) in [6.07, 6.45) is 3.81. The van der Waals surface area contributed by atoms with Crippen LogP contribution in [0.25, 0.3) is 0 Å². The highest BCUT2D eigenvalue weighted by atomic mass is 79.9. The van der Waals surface area contributed by atoms with Crippen molar-refractivity contribution in [2.24, 2.45) is 0 Å². The highest BCUT2D eigenvalue weighted by molar-refractivity contribution is 9.09. The van der Waals surface area contributed by atoms with Gasteiger partial charge in [0.15, 0.2) is 0 Å². The lowest BCUT2D eigenvalue weighted by Gasteiger charge is -2.13. The summed E-state index contributed by atoms with van der Waals surface area (Å²) in [5.41, 5.74) is 0. The Balaban J connectivity index is 2.18. The molecule has 0 fully saturated rings. The van der Waals surface area contributed by atoms with Gasteiger partial charge in [-0.3, -0.25) is 0 Å². The molecule has 0 aromatic rings. The number of alkyl halides is 1. The minimum atomic E-state index is 0.731. The molecule has 0 saturated carbocycles. The maximum atomic E-state index is 5.32. The quantitative estimate of drug-likeness (QED) is 0.659. The van der Waals surface area contributed by atoms with Gasteiger partial charge in [0.05, 0.1) is 13.2 Å². The average molecular weight is 207 g/mol. The molecule has 0 aromatic heterocycles. The maximum Gasteiger partial charge on any atom is 0.130 e. The zero-order valence-electron chi connectivity index (χ0n) is 5.81. The molecule has 0 N–H and O–H groups in total. The molecule has 58 valence electrons. The summed E-state index contributed by atoms with van der Waals surface area (Å²) >= 11 is 3.28. The number of hydrogen-bond donors (Lipinski definition) is 0. The van der Waals surface area contributed by atoms with Crippen LogP contribution in [0.5, 0.6) is 0 Å². The number of ether oxygens (including phenoxy) is 2. The molecule has 0 spiro atoms. The van der Waals surface area contributed by atoms with Crippen molar-refractivity contribution in [3.63, 3.8) is 0 Å². The van der Waals surface area contributed by atoms with Crippen LogP contribution in [0.2, 0.25) is 0 Å². The molecular weight excluding hydrogens is 196 g/mol. The fourth-order valence-electron chi connectivity index (χ4n) is 0.816. The molecule has 0 atom stereocenters. The number of allylic oxidation sites excluding steroid dienone is 1. The van der Waals surface area contributed by atoms with Gasteiger partial charge in [-0.2, -0.15) is 0 Å². The van der Waals surface area contributed by atoms with Gasteiger partial charge in [0.25, 0.3) is 0 Å². The van der Waals surface area contributed by atoms with Crippen molar-refractivity contribution in [3.05, 3.63) is 12.0 Å². The third-order valence-electron chi connectivity index (χ3n) is 1.26. The van der Waals surface area contributed by atoms with Gasteiger partial charge in [-0.15, -0.1) is 0 Å². The van der Waals surface area contributed by atoms with Gasteiger partial charge < -0.3 is 9.47 Å². The van der Waals surface area contributed by atoms with Crippen molar-refractivity contribution in [1.82, 2.24) is 0 Å². The van der Waals surface area contributed by atoms with Crippen LogP contribution < -0.4 is 0 Å². The van der Waals surface area contributed by atoms with E-state index in [9.17, 15) is 0 Å². The molecule has 2 nitrogen and oxygen atoms in total. The fourth-order valence-corrected chi connectivity index (χ4v) is 0.978. The molecule has 0 saturated heterocycles. The normalized spacial score (nSPS) is 17.5. The van der Waals surface area contributed by atoms with Gasteiger partial charge in [-0.05, 0) is 6.42 Å². The monoisotopic (exact) mass is 206 g/mol. The van der Waals surface area contributed by atoms with E-state index < -0.39 is 0 Å². The standard InChI is InChI=1S/C7H11BrO2/c8-3-5-10-7-2-1-4-9-6-7/h6H,1-5H2. The van der Waals surface area contributed by atoms with E-state index in [1.165, 1.54) is 0 Å². The minimum absolute atomic E-state index is 0.731. The Kier molecular flexibility index (Phi) is 3.65. The van der Waals surface area contributed by atoms with Crippen LogP contribution in [0.4, 0.5) is 0 Å². The summed E-state index contributed by atoms with van der Waals surface area (Å²) in [4.78, 5) is 0. The van der Waals surface area contributed by atoms with Crippen LogP contribution in [-0.2, 0) is 9.47 Å². The molecule has 0 radical (unpaired) electrons. The van der Waals surface area contributed by atoms with Crippen LogP contribution in [-0.4, -0.2) is 18.5 Å². The van der Waals surface area contributed by atoms with Gasteiger partial charge in [0, 0.05) is 11.8 Å². The van der Waals surface area contributed by atoms with Crippen LogP contribution in [0, 0.1) is 0 Å². The van der Waals surface area contributed by atoms with E-state index in [1.54, 1.807) is 6.26 Å². The topological polar surface area (TPSA) is 18.5 Å². The summed E-state index contributed by atoms with van der Waals surface area (Å²) in [7, 11) is 0. The SMILES string of the molecule is BrCCOC1=COCCC1. The predicted molar refractivity (Wildman–Crippen MR) is 43.0 cm³/mol. The number of hydrogen-bond acceptors (Lipinski definition) is 2. The van der Waals surface area contributed by atoms with Gasteiger partial charge in [-0.1, -0.05) is 15.9 Å². The van der Waals surface area contributed by atoms with Crippen LogP contribution in [0.3, 0.4) is 0 Å². The lowest BCUT2D eigenvalue weighted by atomic mass is 10.2. The van der Waals surface area contributed by atoms with Crippen molar-refractivity contribution in [1.29, 1.82) is 0 Å². The Morgan fingerprint density at radius 3 is 3.20 bits per heavy atom. The number of halogens is 1. The molecule has 1 aliphatic rings. The Morgan fingerprint density at radius 1 is 1.70 bits per heavy atom.